The molecule has 0 spiro atoms. The Kier molecular flexibility index (Phi) is 6.06. The van der Waals surface area contributed by atoms with Crippen LogP contribution in [-0.4, -0.2) is 28.3 Å². The highest BCUT2D eigenvalue weighted by Crippen LogP contribution is 2.31. The molecule has 3 rings (SSSR count). The van der Waals surface area contributed by atoms with Crippen LogP contribution >= 0.6 is 0 Å². The predicted molar refractivity (Wildman–Crippen MR) is 107 cm³/mol. The van der Waals surface area contributed by atoms with Gasteiger partial charge in [0.25, 0.3) is 5.91 Å². The highest BCUT2D eigenvalue weighted by molar-refractivity contribution is 7.86. The van der Waals surface area contributed by atoms with Gasteiger partial charge in [-0.1, -0.05) is 44.2 Å². The van der Waals surface area contributed by atoms with Crippen LogP contribution in [0.2, 0.25) is 0 Å². The monoisotopic (exact) mass is 384 g/mol. The van der Waals surface area contributed by atoms with Crippen molar-refractivity contribution in [3.05, 3.63) is 59.7 Å². The summed E-state index contributed by atoms with van der Waals surface area (Å²) in [6, 6.07) is 14.7. The Labute approximate surface area is 162 Å². The second-order valence-electron chi connectivity index (χ2n) is 7.08. The number of hydrogen-bond acceptors (Lipinski definition) is 3. The van der Waals surface area contributed by atoms with Crippen molar-refractivity contribution in [2.45, 2.75) is 31.7 Å². The maximum Gasteiger partial charge on any atom is 0.251 e. The number of anilines is 1. The number of nitrogens with one attached hydrogen (secondary N) is 1. The van der Waals surface area contributed by atoms with Crippen LogP contribution in [0.5, 0.6) is 0 Å². The van der Waals surface area contributed by atoms with Gasteiger partial charge in [-0.2, -0.15) is 0 Å². The number of fused-ring (bicyclic) bond motifs is 1. The second kappa shape index (κ2) is 8.48. The van der Waals surface area contributed by atoms with E-state index >= 15 is 0 Å². The maximum absolute atomic E-state index is 12.5. The number of benzene rings is 2. The summed E-state index contributed by atoms with van der Waals surface area (Å²) in [6.45, 7) is 5.20. The van der Waals surface area contributed by atoms with Gasteiger partial charge in [-0.3, -0.25) is 13.8 Å². The zero-order chi connectivity index (χ0) is 19.4. The number of carbonyl (C=O) groups is 2. The van der Waals surface area contributed by atoms with Gasteiger partial charge in [0.05, 0.1) is 27.9 Å². The summed E-state index contributed by atoms with van der Waals surface area (Å²) in [5.41, 5.74) is 2.02. The summed E-state index contributed by atoms with van der Waals surface area (Å²) in [6.07, 6.45) is 0.902. The van der Waals surface area contributed by atoms with Gasteiger partial charge in [0, 0.05) is 12.1 Å². The normalized spacial score (nSPS) is 16.3. The Morgan fingerprint density at radius 2 is 1.93 bits per heavy atom. The lowest BCUT2D eigenvalue weighted by atomic mass is 10.1. The van der Waals surface area contributed by atoms with Crippen molar-refractivity contribution in [1.29, 1.82) is 0 Å². The standard InChI is InChI=1S/C21H24N2O3S/c1-15(2)10-11-22-21(25)17-8-9-19-18(12-17)23(20(24)14-27(19)26)13-16-6-4-3-5-7-16/h3-9,12,15H,10-11,13-14H2,1-2H3,(H,22,25)/t27-/m0/s1. The summed E-state index contributed by atoms with van der Waals surface area (Å²) in [5.74, 6) is 0.110. The molecule has 0 radical (unpaired) electrons. The van der Waals surface area contributed by atoms with Crippen molar-refractivity contribution in [1.82, 2.24) is 5.32 Å². The maximum atomic E-state index is 12.5. The minimum atomic E-state index is -1.38. The van der Waals surface area contributed by atoms with Gasteiger partial charge in [-0.05, 0) is 36.1 Å². The fourth-order valence-corrected chi connectivity index (χ4v) is 4.14. The van der Waals surface area contributed by atoms with Crippen molar-refractivity contribution < 1.29 is 13.8 Å². The minimum absolute atomic E-state index is 0.0280. The third kappa shape index (κ3) is 4.63. The van der Waals surface area contributed by atoms with Crippen molar-refractivity contribution in [3.8, 4) is 0 Å². The first-order chi connectivity index (χ1) is 13.0. The van der Waals surface area contributed by atoms with Crippen LogP contribution in [0, 0.1) is 5.92 Å². The topological polar surface area (TPSA) is 66.5 Å². The van der Waals surface area contributed by atoms with E-state index in [1.54, 1.807) is 23.1 Å². The molecule has 1 N–H and O–H groups in total. The zero-order valence-electron chi connectivity index (χ0n) is 15.6. The Morgan fingerprint density at radius 3 is 2.63 bits per heavy atom. The number of amides is 2. The van der Waals surface area contributed by atoms with Crippen molar-refractivity contribution in [3.63, 3.8) is 0 Å². The van der Waals surface area contributed by atoms with Crippen LogP contribution in [-0.2, 0) is 22.1 Å². The molecule has 0 fully saturated rings. The summed E-state index contributed by atoms with van der Waals surface area (Å²) < 4.78 is 12.4. The van der Waals surface area contributed by atoms with E-state index in [-0.39, 0.29) is 17.6 Å². The molecule has 0 unspecified atom stereocenters. The minimum Gasteiger partial charge on any atom is -0.352 e. The molecule has 1 aliphatic heterocycles. The van der Waals surface area contributed by atoms with Gasteiger partial charge in [0.2, 0.25) is 5.91 Å². The molecule has 1 heterocycles. The average molecular weight is 385 g/mol. The highest BCUT2D eigenvalue weighted by Gasteiger charge is 2.30. The molecule has 0 aromatic heterocycles. The molecule has 0 bridgehead atoms. The molecular formula is C21H24N2O3S. The Hall–Kier alpha value is -2.47. The first-order valence-corrected chi connectivity index (χ1v) is 10.4. The molecule has 142 valence electrons. The number of rotatable bonds is 6. The van der Waals surface area contributed by atoms with Crippen LogP contribution in [0.4, 0.5) is 5.69 Å². The van der Waals surface area contributed by atoms with Crippen molar-refractivity contribution in [2.75, 3.05) is 17.2 Å². The van der Waals surface area contributed by atoms with E-state index in [0.29, 0.717) is 35.2 Å². The number of carbonyl (C=O) groups excluding carboxylic acids is 2. The lowest BCUT2D eigenvalue weighted by Gasteiger charge is -2.29. The quantitative estimate of drug-likeness (QED) is 0.832. The van der Waals surface area contributed by atoms with Gasteiger partial charge < -0.3 is 10.2 Å². The lowest BCUT2D eigenvalue weighted by molar-refractivity contribution is -0.116. The third-order valence-electron chi connectivity index (χ3n) is 4.50. The third-order valence-corrected chi connectivity index (χ3v) is 5.85. The van der Waals surface area contributed by atoms with Crippen molar-refractivity contribution in [2.24, 2.45) is 5.92 Å². The van der Waals surface area contributed by atoms with Crippen LogP contribution in [0.1, 0.15) is 36.2 Å². The molecule has 6 heteroatoms. The predicted octanol–water partition coefficient (Wildman–Crippen LogP) is 3.12. The van der Waals surface area contributed by atoms with Gasteiger partial charge in [0.1, 0.15) is 5.75 Å². The fraction of sp³-hybridized carbons (Fsp3) is 0.333. The number of hydrogen-bond donors (Lipinski definition) is 1. The SMILES string of the molecule is CC(C)CCNC(=O)c1ccc2c(c1)N(Cc1ccccc1)C(=O)C[S@@]2=O. The molecule has 0 aliphatic carbocycles. The van der Waals surface area contributed by atoms with E-state index in [0.717, 1.165) is 12.0 Å². The average Bonchev–Trinajstić information content (AvgIpc) is 2.65. The van der Waals surface area contributed by atoms with E-state index in [2.05, 4.69) is 19.2 Å². The molecule has 27 heavy (non-hydrogen) atoms. The molecule has 0 saturated carbocycles. The van der Waals surface area contributed by atoms with E-state index in [4.69, 9.17) is 0 Å². The molecule has 1 atom stereocenters. The summed E-state index contributed by atoms with van der Waals surface area (Å²) in [7, 11) is -1.38. The van der Waals surface area contributed by atoms with Crippen LogP contribution in [0.15, 0.2) is 53.4 Å². The van der Waals surface area contributed by atoms with Crippen molar-refractivity contribution >= 4 is 28.3 Å². The Balaban J connectivity index is 1.87. The Bertz CT molecular complexity index is 865. The number of nitrogens with zero attached hydrogens (tertiary/aromatic N) is 1. The van der Waals surface area contributed by atoms with E-state index in [1.807, 2.05) is 30.3 Å². The van der Waals surface area contributed by atoms with Crippen LogP contribution in [0.3, 0.4) is 0 Å². The van der Waals surface area contributed by atoms with Gasteiger partial charge in [0.15, 0.2) is 0 Å². The lowest BCUT2D eigenvalue weighted by Crippen LogP contribution is -2.38. The second-order valence-corrected chi connectivity index (χ2v) is 8.50. The molecule has 2 aromatic rings. The molecule has 2 amide bonds. The molecule has 1 aliphatic rings. The summed E-state index contributed by atoms with van der Waals surface area (Å²) >= 11 is 0. The van der Waals surface area contributed by atoms with Crippen LogP contribution < -0.4 is 10.2 Å². The first-order valence-electron chi connectivity index (χ1n) is 9.10. The molecule has 2 aromatic carbocycles. The van der Waals surface area contributed by atoms with Crippen LogP contribution in [0.25, 0.3) is 0 Å². The van der Waals surface area contributed by atoms with Gasteiger partial charge in [-0.25, -0.2) is 0 Å². The van der Waals surface area contributed by atoms with Gasteiger partial charge in [-0.15, -0.1) is 0 Å². The highest BCUT2D eigenvalue weighted by atomic mass is 32.2. The zero-order valence-corrected chi connectivity index (χ0v) is 16.4. The van der Waals surface area contributed by atoms with E-state index in [9.17, 15) is 13.8 Å². The fourth-order valence-electron chi connectivity index (χ4n) is 2.98. The van der Waals surface area contributed by atoms with E-state index < -0.39 is 10.8 Å². The summed E-state index contributed by atoms with van der Waals surface area (Å²) in [4.78, 5) is 27.2. The molecule has 5 nitrogen and oxygen atoms in total. The Morgan fingerprint density at radius 1 is 1.19 bits per heavy atom. The smallest absolute Gasteiger partial charge is 0.251 e. The summed E-state index contributed by atoms with van der Waals surface area (Å²) in [5, 5.41) is 2.91. The molecule has 0 saturated heterocycles. The largest absolute Gasteiger partial charge is 0.352 e. The molecular weight excluding hydrogens is 360 g/mol. The van der Waals surface area contributed by atoms with E-state index in [1.165, 1.54) is 0 Å². The van der Waals surface area contributed by atoms with Gasteiger partial charge >= 0.3 is 0 Å². The first kappa shape index (κ1) is 19.3.